The summed E-state index contributed by atoms with van der Waals surface area (Å²) in [6, 6.07) is 7.31. The molecule has 2 unspecified atom stereocenters. The van der Waals surface area contributed by atoms with Gasteiger partial charge in [0.15, 0.2) is 5.96 Å². The molecule has 1 aromatic carbocycles. The number of benzene rings is 1. The average molecular weight is 428 g/mol. The summed E-state index contributed by atoms with van der Waals surface area (Å²) < 4.78 is 37.7. The maximum absolute atomic E-state index is 12.6. The highest BCUT2D eigenvalue weighted by molar-refractivity contribution is 5.94. The van der Waals surface area contributed by atoms with Crippen LogP contribution in [0, 0.1) is 0 Å². The number of carbonyl (C=O) groups excluding carboxylic acids is 1. The molecule has 1 aliphatic heterocycles. The van der Waals surface area contributed by atoms with Gasteiger partial charge in [-0.1, -0.05) is 19.1 Å². The van der Waals surface area contributed by atoms with Gasteiger partial charge in [0.1, 0.15) is 0 Å². The van der Waals surface area contributed by atoms with Gasteiger partial charge in [0.25, 0.3) is 5.91 Å². The topological polar surface area (TPSA) is 68.8 Å². The molecule has 168 valence electrons. The number of halogens is 3. The zero-order chi connectivity index (χ0) is 22.1. The van der Waals surface area contributed by atoms with Crippen LogP contribution < -0.4 is 16.0 Å². The predicted molar refractivity (Wildman–Crippen MR) is 113 cm³/mol. The van der Waals surface area contributed by atoms with E-state index in [1.165, 1.54) is 4.90 Å². The van der Waals surface area contributed by atoms with Gasteiger partial charge in [-0.25, -0.2) is 4.99 Å². The fourth-order valence-electron chi connectivity index (χ4n) is 3.25. The quantitative estimate of drug-likeness (QED) is 0.441. The fraction of sp³-hybridized carbons (Fsp3) is 0.619. The van der Waals surface area contributed by atoms with Gasteiger partial charge in [0.05, 0.1) is 13.1 Å². The maximum Gasteiger partial charge on any atom is 0.401 e. The lowest BCUT2D eigenvalue weighted by Gasteiger charge is -2.19. The molecule has 0 saturated carbocycles. The Balaban J connectivity index is 1.96. The lowest BCUT2D eigenvalue weighted by atomic mass is 10.1. The first kappa shape index (κ1) is 24.0. The van der Waals surface area contributed by atoms with Crippen LogP contribution in [0.25, 0.3) is 0 Å². The summed E-state index contributed by atoms with van der Waals surface area (Å²) in [4.78, 5) is 18.3. The summed E-state index contributed by atoms with van der Waals surface area (Å²) in [5.41, 5.74) is 1.47. The number of rotatable bonds is 8. The van der Waals surface area contributed by atoms with Crippen LogP contribution in [0.15, 0.2) is 29.3 Å². The molecule has 9 heteroatoms. The van der Waals surface area contributed by atoms with Crippen LogP contribution in [0.5, 0.6) is 0 Å². The fourth-order valence-corrected chi connectivity index (χ4v) is 3.25. The Kier molecular flexibility index (Phi) is 8.95. The second-order valence-corrected chi connectivity index (χ2v) is 7.66. The van der Waals surface area contributed by atoms with E-state index in [1.807, 2.05) is 39.0 Å². The highest BCUT2D eigenvalue weighted by Gasteiger charge is 2.34. The predicted octanol–water partition coefficient (Wildman–Crippen LogP) is 2.91. The lowest BCUT2D eigenvalue weighted by molar-refractivity contribution is -0.143. The Morgan fingerprint density at radius 1 is 1.33 bits per heavy atom. The highest BCUT2D eigenvalue weighted by Crippen LogP contribution is 2.20. The molecule has 2 rings (SSSR count). The molecule has 0 aliphatic carbocycles. The molecule has 1 aromatic rings. The molecular weight excluding hydrogens is 395 g/mol. The van der Waals surface area contributed by atoms with Crippen molar-refractivity contribution in [1.82, 2.24) is 20.9 Å². The molecule has 1 heterocycles. The third kappa shape index (κ3) is 8.22. The minimum atomic E-state index is -4.18. The smallest absolute Gasteiger partial charge is 0.357 e. The Morgan fingerprint density at radius 3 is 2.77 bits per heavy atom. The van der Waals surface area contributed by atoms with Crippen molar-refractivity contribution in [3.63, 3.8) is 0 Å². The summed E-state index contributed by atoms with van der Waals surface area (Å²) >= 11 is 0. The van der Waals surface area contributed by atoms with E-state index in [0.29, 0.717) is 44.1 Å². The number of aliphatic imine (C=N–C) groups is 1. The summed E-state index contributed by atoms with van der Waals surface area (Å²) in [6.07, 6.45) is -2.69. The van der Waals surface area contributed by atoms with Gasteiger partial charge >= 0.3 is 6.18 Å². The number of nitrogens with zero attached hydrogens (tertiary/aromatic N) is 2. The molecule has 0 radical (unpaired) electrons. The van der Waals surface area contributed by atoms with E-state index < -0.39 is 12.7 Å². The first-order chi connectivity index (χ1) is 14.2. The number of guanidine groups is 1. The molecule has 6 nitrogen and oxygen atoms in total. The zero-order valence-electron chi connectivity index (χ0n) is 17.9. The van der Waals surface area contributed by atoms with Crippen molar-refractivity contribution in [1.29, 1.82) is 0 Å². The molecule has 1 saturated heterocycles. The number of hydrogen-bond donors (Lipinski definition) is 3. The molecule has 0 aromatic heterocycles. The zero-order valence-corrected chi connectivity index (χ0v) is 17.9. The first-order valence-corrected chi connectivity index (χ1v) is 10.4. The van der Waals surface area contributed by atoms with E-state index in [2.05, 4.69) is 20.9 Å². The van der Waals surface area contributed by atoms with Crippen LogP contribution in [0.1, 0.15) is 49.5 Å². The number of hydrogen-bond acceptors (Lipinski definition) is 3. The Bertz CT molecular complexity index is 723. The van der Waals surface area contributed by atoms with Gasteiger partial charge in [-0.3, -0.25) is 9.69 Å². The standard InChI is InChI=1S/C21H32F3N5O/c1-4-15(3)27-19(30)17-8-6-7-16(11-17)12-26-20(25-5-2)28-18-9-10-29(13-18)14-21(22,23)24/h6-8,11,15,18H,4-5,9-10,12-14H2,1-3H3,(H,27,30)(H2,25,26,28). The van der Waals surface area contributed by atoms with Crippen molar-refractivity contribution in [3.8, 4) is 0 Å². The molecule has 30 heavy (non-hydrogen) atoms. The van der Waals surface area contributed by atoms with E-state index in [4.69, 9.17) is 0 Å². The van der Waals surface area contributed by atoms with E-state index in [-0.39, 0.29) is 18.0 Å². The van der Waals surface area contributed by atoms with Crippen molar-refractivity contribution in [3.05, 3.63) is 35.4 Å². The third-order valence-electron chi connectivity index (χ3n) is 4.96. The Morgan fingerprint density at radius 2 is 2.10 bits per heavy atom. The van der Waals surface area contributed by atoms with Gasteiger partial charge in [-0.2, -0.15) is 13.2 Å². The van der Waals surface area contributed by atoms with Crippen LogP contribution in [0.3, 0.4) is 0 Å². The van der Waals surface area contributed by atoms with Crippen molar-refractivity contribution in [2.75, 3.05) is 26.2 Å². The SMILES string of the molecule is CCNC(=NCc1cccc(C(=O)NC(C)CC)c1)NC1CCN(CC(F)(F)F)C1. The normalized spacial score (nSPS) is 18.9. The molecule has 0 bridgehead atoms. The van der Waals surface area contributed by atoms with Crippen LogP contribution in [-0.2, 0) is 6.54 Å². The van der Waals surface area contributed by atoms with Crippen LogP contribution in [0.2, 0.25) is 0 Å². The second kappa shape index (κ2) is 11.2. The lowest BCUT2D eigenvalue weighted by Crippen LogP contribution is -2.45. The summed E-state index contributed by atoms with van der Waals surface area (Å²) in [5.74, 6) is 0.446. The van der Waals surface area contributed by atoms with Gasteiger partial charge in [-0.15, -0.1) is 0 Å². The Labute approximate surface area is 176 Å². The van der Waals surface area contributed by atoms with Crippen LogP contribution in [0.4, 0.5) is 13.2 Å². The van der Waals surface area contributed by atoms with E-state index in [0.717, 1.165) is 12.0 Å². The molecule has 2 atom stereocenters. The maximum atomic E-state index is 12.6. The van der Waals surface area contributed by atoms with E-state index in [9.17, 15) is 18.0 Å². The van der Waals surface area contributed by atoms with Crippen molar-refractivity contribution in [2.24, 2.45) is 4.99 Å². The van der Waals surface area contributed by atoms with Gasteiger partial charge in [0, 0.05) is 37.3 Å². The average Bonchev–Trinajstić information content (AvgIpc) is 3.11. The summed E-state index contributed by atoms with van der Waals surface area (Å²) in [7, 11) is 0. The number of amides is 1. The molecule has 0 spiro atoms. The summed E-state index contributed by atoms with van der Waals surface area (Å²) in [5, 5.41) is 9.30. The minimum Gasteiger partial charge on any atom is -0.357 e. The first-order valence-electron chi connectivity index (χ1n) is 10.4. The van der Waals surface area contributed by atoms with Crippen LogP contribution >= 0.6 is 0 Å². The van der Waals surface area contributed by atoms with Crippen LogP contribution in [-0.4, -0.2) is 61.2 Å². The molecule has 1 fully saturated rings. The number of carbonyl (C=O) groups is 1. The van der Waals surface area contributed by atoms with Gasteiger partial charge in [0.2, 0.25) is 0 Å². The third-order valence-corrected chi connectivity index (χ3v) is 4.96. The summed E-state index contributed by atoms with van der Waals surface area (Å²) in [6.45, 7) is 6.75. The van der Waals surface area contributed by atoms with Crippen molar-refractivity contribution >= 4 is 11.9 Å². The van der Waals surface area contributed by atoms with E-state index >= 15 is 0 Å². The second-order valence-electron chi connectivity index (χ2n) is 7.66. The molecule has 1 amide bonds. The van der Waals surface area contributed by atoms with Gasteiger partial charge < -0.3 is 16.0 Å². The number of nitrogens with one attached hydrogen (secondary N) is 3. The highest BCUT2D eigenvalue weighted by atomic mass is 19.4. The molecule has 1 aliphatic rings. The van der Waals surface area contributed by atoms with E-state index in [1.54, 1.807) is 6.07 Å². The van der Waals surface area contributed by atoms with Crippen molar-refractivity contribution < 1.29 is 18.0 Å². The molecular formula is C21H32F3N5O. The number of alkyl halides is 3. The van der Waals surface area contributed by atoms with Gasteiger partial charge in [-0.05, 0) is 44.4 Å². The minimum absolute atomic E-state index is 0.0854. The van der Waals surface area contributed by atoms with Crippen molar-refractivity contribution in [2.45, 2.75) is 58.4 Å². The Hall–Kier alpha value is -2.29. The monoisotopic (exact) mass is 427 g/mol. The number of likely N-dealkylation sites (tertiary alicyclic amines) is 1. The molecule has 3 N–H and O–H groups in total. The largest absolute Gasteiger partial charge is 0.401 e.